The van der Waals surface area contributed by atoms with Gasteiger partial charge in [0.15, 0.2) is 5.60 Å². The number of rotatable bonds is 9. The molecule has 0 unspecified atom stereocenters. The molecular weight excluding hydrogens is 421 g/mol. The van der Waals surface area contributed by atoms with Crippen LogP contribution in [-0.2, 0) is 20.8 Å². The third-order valence-electron chi connectivity index (χ3n) is 4.67. The molecule has 0 aromatic heterocycles. The molecule has 0 aliphatic heterocycles. The number of hydrogen-bond donors (Lipinski definition) is 5. The maximum atomic E-state index is 13.0. The van der Waals surface area contributed by atoms with Crippen LogP contribution in [0.1, 0.15) is 32.8 Å². The average Bonchev–Trinajstić information content (AvgIpc) is 2.67. The van der Waals surface area contributed by atoms with Crippen LogP contribution in [0.5, 0.6) is 0 Å². The van der Waals surface area contributed by atoms with E-state index in [1.807, 2.05) is 0 Å². The van der Waals surface area contributed by atoms with Crippen molar-refractivity contribution in [2.45, 2.75) is 45.3 Å². The van der Waals surface area contributed by atoms with Crippen LogP contribution in [0.25, 0.3) is 0 Å². The number of halogens is 2. The van der Waals surface area contributed by atoms with Gasteiger partial charge in [0.1, 0.15) is 6.04 Å². The molecule has 3 amide bonds. The molecule has 0 radical (unpaired) electrons. The molecular formula is C19H27Cl2N3O5. The Hall–Kier alpha value is -1.87. The summed E-state index contributed by atoms with van der Waals surface area (Å²) in [5.41, 5.74) is -0.251. The number of nitrogens with one attached hydrogen (secondary N) is 3. The highest BCUT2D eigenvalue weighted by Gasteiger charge is 2.46. The van der Waals surface area contributed by atoms with E-state index in [0.717, 1.165) is 0 Å². The molecule has 0 saturated heterocycles. The summed E-state index contributed by atoms with van der Waals surface area (Å²) in [4.78, 5) is 37.2. The summed E-state index contributed by atoms with van der Waals surface area (Å²) in [7, 11) is 1.40. The predicted molar refractivity (Wildman–Crippen MR) is 110 cm³/mol. The fourth-order valence-corrected chi connectivity index (χ4v) is 3.55. The fourth-order valence-electron chi connectivity index (χ4n) is 3.00. The number of benzene rings is 1. The minimum atomic E-state index is -2.16. The average molecular weight is 448 g/mol. The molecule has 29 heavy (non-hydrogen) atoms. The van der Waals surface area contributed by atoms with Gasteiger partial charge in [0, 0.05) is 23.5 Å². The second kappa shape index (κ2) is 10.8. The zero-order valence-electron chi connectivity index (χ0n) is 16.8. The van der Waals surface area contributed by atoms with E-state index in [0.29, 0.717) is 15.6 Å². The number of hydrogen-bond acceptors (Lipinski definition) is 5. The summed E-state index contributed by atoms with van der Waals surface area (Å²) in [5.74, 6) is -3.80. The molecule has 0 fully saturated rings. The molecule has 1 rings (SSSR count). The van der Waals surface area contributed by atoms with E-state index in [4.69, 9.17) is 28.4 Å². The zero-order chi connectivity index (χ0) is 22.4. The van der Waals surface area contributed by atoms with E-state index >= 15 is 0 Å². The van der Waals surface area contributed by atoms with Crippen molar-refractivity contribution < 1.29 is 24.7 Å². The third kappa shape index (κ3) is 6.30. The Labute approximate surface area is 179 Å². The van der Waals surface area contributed by atoms with Crippen LogP contribution in [0, 0.1) is 11.8 Å². The molecule has 0 saturated carbocycles. The Bertz CT molecular complexity index is 739. The topological polar surface area (TPSA) is 128 Å². The minimum Gasteiger partial charge on any atom is -0.379 e. The van der Waals surface area contributed by atoms with E-state index in [1.165, 1.54) is 19.5 Å². The molecule has 0 spiro atoms. The van der Waals surface area contributed by atoms with Crippen molar-refractivity contribution in [3.63, 3.8) is 0 Å². The maximum Gasteiger partial charge on any atom is 0.253 e. The van der Waals surface area contributed by atoms with Gasteiger partial charge in [0.2, 0.25) is 11.8 Å². The lowest BCUT2D eigenvalue weighted by molar-refractivity contribution is -0.159. The highest BCUT2D eigenvalue weighted by molar-refractivity contribution is 6.36. The first kappa shape index (κ1) is 25.2. The molecule has 10 heteroatoms. The van der Waals surface area contributed by atoms with E-state index in [2.05, 4.69) is 10.6 Å². The minimum absolute atomic E-state index is 0.0255. The Kier molecular flexibility index (Phi) is 9.35. The van der Waals surface area contributed by atoms with Gasteiger partial charge in [-0.3, -0.25) is 19.6 Å². The van der Waals surface area contributed by atoms with Gasteiger partial charge in [-0.2, -0.15) is 0 Å². The van der Waals surface area contributed by atoms with Crippen molar-refractivity contribution in [2.24, 2.45) is 11.8 Å². The second-order valence-corrected chi connectivity index (χ2v) is 8.08. The van der Waals surface area contributed by atoms with E-state index in [-0.39, 0.29) is 18.8 Å². The largest absolute Gasteiger partial charge is 0.379 e. The lowest BCUT2D eigenvalue weighted by Gasteiger charge is -2.34. The standard InChI is InChI=1S/C19H27Cl2N3O5/c1-10(2)9-19(28,11(3)16(25)24-29)18(27)23-15(17(26)22-4)8-12-13(20)6-5-7-14(12)21/h5-7,10-11,15,28-29H,8-9H2,1-4H3,(H,22,26)(H,23,27)(H,24,25)/t11-,15+,19+/m1/s1. The van der Waals surface area contributed by atoms with Crippen LogP contribution in [0.4, 0.5) is 0 Å². The summed E-state index contributed by atoms with van der Waals surface area (Å²) < 4.78 is 0. The Balaban J connectivity index is 3.22. The van der Waals surface area contributed by atoms with E-state index in [1.54, 1.807) is 32.0 Å². The van der Waals surface area contributed by atoms with Crippen molar-refractivity contribution >= 4 is 40.9 Å². The smallest absolute Gasteiger partial charge is 0.253 e. The lowest BCUT2D eigenvalue weighted by Crippen LogP contribution is -2.60. The summed E-state index contributed by atoms with van der Waals surface area (Å²) in [6.45, 7) is 4.84. The first-order valence-electron chi connectivity index (χ1n) is 9.09. The van der Waals surface area contributed by atoms with Gasteiger partial charge in [-0.05, 0) is 30.0 Å². The highest BCUT2D eigenvalue weighted by Crippen LogP contribution is 2.28. The zero-order valence-corrected chi connectivity index (χ0v) is 18.3. The van der Waals surface area contributed by atoms with Crippen LogP contribution in [-0.4, -0.2) is 46.7 Å². The van der Waals surface area contributed by atoms with Gasteiger partial charge in [-0.15, -0.1) is 0 Å². The van der Waals surface area contributed by atoms with E-state index in [9.17, 15) is 19.5 Å². The number of aliphatic hydroxyl groups is 1. The Morgan fingerprint density at radius 2 is 1.66 bits per heavy atom. The quantitative estimate of drug-likeness (QED) is 0.290. The molecule has 3 atom stereocenters. The monoisotopic (exact) mass is 447 g/mol. The summed E-state index contributed by atoms with van der Waals surface area (Å²) >= 11 is 12.3. The van der Waals surface area contributed by atoms with Gasteiger partial charge in [-0.25, -0.2) is 5.48 Å². The number of likely N-dealkylation sites (N-methyl/N-ethyl adjacent to an activating group) is 1. The Morgan fingerprint density at radius 1 is 1.10 bits per heavy atom. The van der Waals surface area contributed by atoms with Crippen molar-refractivity contribution in [3.05, 3.63) is 33.8 Å². The molecule has 5 N–H and O–H groups in total. The van der Waals surface area contributed by atoms with Crippen molar-refractivity contribution in [1.29, 1.82) is 0 Å². The van der Waals surface area contributed by atoms with Gasteiger partial charge in [0.05, 0.1) is 5.92 Å². The van der Waals surface area contributed by atoms with Crippen LogP contribution >= 0.6 is 23.2 Å². The predicted octanol–water partition coefficient (Wildman–Crippen LogP) is 1.69. The second-order valence-electron chi connectivity index (χ2n) is 7.26. The molecule has 8 nitrogen and oxygen atoms in total. The first-order chi connectivity index (χ1) is 13.5. The number of carbonyl (C=O) groups excluding carboxylic acids is 3. The van der Waals surface area contributed by atoms with Crippen molar-refractivity contribution in [3.8, 4) is 0 Å². The summed E-state index contributed by atoms with van der Waals surface area (Å²) in [6, 6.07) is 3.76. The number of amides is 3. The molecule has 0 heterocycles. The van der Waals surface area contributed by atoms with Crippen LogP contribution < -0.4 is 16.1 Å². The van der Waals surface area contributed by atoms with Crippen molar-refractivity contribution in [2.75, 3.05) is 7.05 Å². The maximum absolute atomic E-state index is 13.0. The van der Waals surface area contributed by atoms with E-state index < -0.39 is 35.3 Å². The van der Waals surface area contributed by atoms with Crippen LogP contribution in [0.3, 0.4) is 0 Å². The van der Waals surface area contributed by atoms with Gasteiger partial charge in [0.25, 0.3) is 5.91 Å². The van der Waals surface area contributed by atoms with Gasteiger partial charge in [-0.1, -0.05) is 50.0 Å². The number of carbonyl (C=O) groups is 3. The molecule has 0 aliphatic rings. The third-order valence-corrected chi connectivity index (χ3v) is 5.38. The molecule has 1 aromatic rings. The summed E-state index contributed by atoms with van der Waals surface area (Å²) in [5, 5.41) is 25.5. The SMILES string of the molecule is CNC(=O)[C@H](Cc1c(Cl)cccc1Cl)NC(=O)[C@](O)(CC(C)C)[C@H](C)C(=O)NO. The lowest BCUT2D eigenvalue weighted by atomic mass is 9.80. The summed E-state index contributed by atoms with van der Waals surface area (Å²) in [6.07, 6.45) is -0.0943. The van der Waals surface area contributed by atoms with Gasteiger partial charge >= 0.3 is 0 Å². The molecule has 0 bridgehead atoms. The molecule has 1 aromatic carbocycles. The normalized spacial score (nSPS) is 15.2. The van der Waals surface area contributed by atoms with Gasteiger partial charge < -0.3 is 15.7 Å². The number of hydroxylamine groups is 1. The van der Waals surface area contributed by atoms with Crippen molar-refractivity contribution in [1.82, 2.24) is 16.1 Å². The highest BCUT2D eigenvalue weighted by atomic mass is 35.5. The Morgan fingerprint density at radius 3 is 2.10 bits per heavy atom. The van der Waals surface area contributed by atoms with Crippen LogP contribution in [0.15, 0.2) is 18.2 Å². The first-order valence-corrected chi connectivity index (χ1v) is 9.85. The van der Waals surface area contributed by atoms with Crippen LogP contribution in [0.2, 0.25) is 10.0 Å². The molecule has 162 valence electrons. The molecule has 0 aliphatic carbocycles. The fraction of sp³-hybridized carbons (Fsp3) is 0.526.